The van der Waals surface area contributed by atoms with Crippen molar-refractivity contribution in [1.82, 2.24) is 5.32 Å². The molecule has 1 aromatic rings. The van der Waals surface area contributed by atoms with E-state index in [9.17, 15) is 4.79 Å². The fourth-order valence-electron chi connectivity index (χ4n) is 2.72. The van der Waals surface area contributed by atoms with E-state index in [-0.39, 0.29) is 6.61 Å². The molecule has 20 heavy (non-hydrogen) atoms. The highest BCUT2D eigenvalue weighted by atomic mass is 16.5. The SMILES string of the molecule is NC(=O)COc1ccc(CNC(C2CC2)C2CC2)cc1. The van der Waals surface area contributed by atoms with Crippen LogP contribution in [0, 0.1) is 11.8 Å². The minimum Gasteiger partial charge on any atom is -0.484 e. The maximum absolute atomic E-state index is 10.6. The van der Waals surface area contributed by atoms with Crippen LogP contribution in [-0.2, 0) is 11.3 Å². The third-order valence-electron chi connectivity index (χ3n) is 4.11. The third-order valence-corrected chi connectivity index (χ3v) is 4.11. The summed E-state index contributed by atoms with van der Waals surface area (Å²) >= 11 is 0. The van der Waals surface area contributed by atoms with Crippen LogP contribution in [0.15, 0.2) is 24.3 Å². The molecule has 2 aliphatic rings. The van der Waals surface area contributed by atoms with Gasteiger partial charge in [-0.2, -0.15) is 0 Å². The first-order valence-electron chi connectivity index (χ1n) is 7.46. The number of hydrogen-bond acceptors (Lipinski definition) is 3. The zero-order valence-corrected chi connectivity index (χ0v) is 11.7. The van der Waals surface area contributed by atoms with Gasteiger partial charge >= 0.3 is 0 Å². The highest BCUT2D eigenvalue weighted by Crippen LogP contribution is 2.44. The number of carbonyl (C=O) groups is 1. The topological polar surface area (TPSA) is 64.4 Å². The van der Waals surface area contributed by atoms with Crippen LogP contribution >= 0.6 is 0 Å². The summed E-state index contributed by atoms with van der Waals surface area (Å²) in [4.78, 5) is 10.6. The summed E-state index contributed by atoms with van der Waals surface area (Å²) in [5.74, 6) is 2.07. The van der Waals surface area contributed by atoms with Crippen molar-refractivity contribution in [3.05, 3.63) is 29.8 Å². The normalized spacial score (nSPS) is 18.2. The van der Waals surface area contributed by atoms with Crippen LogP contribution in [-0.4, -0.2) is 18.6 Å². The lowest BCUT2D eigenvalue weighted by atomic mass is 10.1. The summed E-state index contributed by atoms with van der Waals surface area (Å²) in [7, 11) is 0. The zero-order chi connectivity index (χ0) is 13.9. The van der Waals surface area contributed by atoms with Gasteiger partial charge in [0.15, 0.2) is 6.61 Å². The summed E-state index contributed by atoms with van der Waals surface area (Å²) in [6.45, 7) is 0.844. The van der Waals surface area contributed by atoms with Gasteiger partial charge in [0, 0.05) is 12.6 Å². The van der Waals surface area contributed by atoms with Crippen molar-refractivity contribution in [2.24, 2.45) is 17.6 Å². The van der Waals surface area contributed by atoms with Gasteiger partial charge in [-0.1, -0.05) is 12.1 Å². The molecule has 2 aliphatic carbocycles. The minimum atomic E-state index is -0.451. The third kappa shape index (κ3) is 3.73. The molecule has 3 N–H and O–H groups in total. The van der Waals surface area contributed by atoms with Gasteiger partial charge in [-0.15, -0.1) is 0 Å². The summed E-state index contributed by atoms with van der Waals surface area (Å²) in [5, 5.41) is 3.71. The van der Waals surface area contributed by atoms with Crippen LogP contribution < -0.4 is 15.8 Å². The Morgan fingerprint density at radius 1 is 1.20 bits per heavy atom. The molecule has 1 aromatic carbocycles. The van der Waals surface area contributed by atoms with Gasteiger partial charge in [0.05, 0.1) is 0 Å². The van der Waals surface area contributed by atoms with Crippen LogP contribution in [0.5, 0.6) is 5.75 Å². The fourth-order valence-corrected chi connectivity index (χ4v) is 2.72. The molecule has 108 valence electrons. The van der Waals surface area contributed by atoms with Gasteiger partial charge in [0.2, 0.25) is 0 Å². The maximum atomic E-state index is 10.6. The second-order valence-corrected chi connectivity index (χ2v) is 5.98. The highest BCUT2D eigenvalue weighted by molar-refractivity contribution is 5.75. The molecule has 0 aliphatic heterocycles. The number of primary amides is 1. The van der Waals surface area contributed by atoms with E-state index < -0.39 is 5.91 Å². The Bertz CT molecular complexity index is 452. The number of hydrogen-bond donors (Lipinski definition) is 2. The largest absolute Gasteiger partial charge is 0.484 e. The average Bonchev–Trinajstić information content (AvgIpc) is 3.31. The Morgan fingerprint density at radius 2 is 1.80 bits per heavy atom. The molecule has 4 nitrogen and oxygen atoms in total. The number of nitrogens with two attached hydrogens (primary N) is 1. The second kappa shape index (κ2) is 5.83. The smallest absolute Gasteiger partial charge is 0.255 e. The molecule has 4 heteroatoms. The Labute approximate surface area is 119 Å². The molecule has 0 spiro atoms. The van der Waals surface area contributed by atoms with Crippen molar-refractivity contribution in [1.29, 1.82) is 0 Å². The predicted octanol–water partition coefficient (Wildman–Crippen LogP) is 1.83. The van der Waals surface area contributed by atoms with Crippen molar-refractivity contribution in [2.45, 2.75) is 38.3 Å². The van der Waals surface area contributed by atoms with E-state index in [2.05, 4.69) is 5.32 Å². The first-order valence-corrected chi connectivity index (χ1v) is 7.46. The molecule has 3 rings (SSSR count). The van der Waals surface area contributed by atoms with E-state index in [1.807, 2.05) is 24.3 Å². The van der Waals surface area contributed by atoms with Gasteiger partial charge in [0.1, 0.15) is 5.75 Å². The average molecular weight is 274 g/mol. The van der Waals surface area contributed by atoms with Crippen LogP contribution in [0.3, 0.4) is 0 Å². The fraction of sp³-hybridized carbons (Fsp3) is 0.562. The van der Waals surface area contributed by atoms with Crippen molar-refractivity contribution in [3.8, 4) is 5.75 Å². The molecule has 0 atom stereocenters. The summed E-state index contributed by atoms with van der Waals surface area (Å²) in [5.41, 5.74) is 6.30. The van der Waals surface area contributed by atoms with Crippen molar-refractivity contribution >= 4 is 5.91 Å². The van der Waals surface area contributed by atoms with Gasteiger partial charge in [-0.05, 0) is 55.2 Å². The van der Waals surface area contributed by atoms with Gasteiger partial charge < -0.3 is 15.8 Å². The molecule has 0 bridgehead atoms. The number of nitrogens with one attached hydrogen (secondary N) is 1. The first kappa shape index (κ1) is 13.4. The molecule has 2 saturated carbocycles. The number of benzene rings is 1. The molecule has 1 amide bonds. The first-order chi connectivity index (χ1) is 9.72. The van der Waals surface area contributed by atoms with Crippen molar-refractivity contribution in [3.63, 3.8) is 0 Å². The predicted molar refractivity (Wildman–Crippen MR) is 77.2 cm³/mol. The Kier molecular flexibility index (Phi) is 3.92. The lowest BCUT2D eigenvalue weighted by molar-refractivity contribution is -0.119. The zero-order valence-electron chi connectivity index (χ0n) is 11.7. The summed E-state index contributed by atoms with van der Waals surface area (Å²) in [6, 6.07) is 8.59. The Hall–Kier alpha value is -1.55. The van der Waals surface area contributed by atoms with Crippen molar-refractivity contribution in [2.75, 3.05) is 6.61 Å². The number of ether oxygens (including phenoxy) is 1. The van der Waals surface area contributed by atoms with E-state index in [0.717, 1.165) is 24.4 Å². The molecule has 0 aromatic heterocycles. The second-order valence-electron chi connectivity index (χ2n) is 5.98. The highest BCUT2D eigenvalue weighted by Gasteiger charge is 2.40. The molecule has 0 unspecified atom stereocenters. The number of rotatable bonds is 8. The Balaban J connectivity index is 1.48. The number of amides is 1. The van der Waals surface area contributed by atoms with Crippen LogP contribution in [0.2, 0.25) is 0 Å². The molecule has 2 fully saturated rings. The summed E-state index contributed by atoms with van der Waals surface area (Å²) < 4.78 is 5.25. The molecular weight excluding hydrogens is 252 g/mol. The van der Waals surface area contributed by atoms with Gasteiger partial charge in [0.25, 0.3) is 5.91 Å². The molecule has 0 saturated heterocycles. The van der Waals surface area contributed by atoms with Crippen LogP contribution in [0.4, 0.5) is 0 Å². The molecule has 0 heterocycles. The van der Waals surface area contributed by atoms with Crippen LogP contribution in [0.1, 0.15) is 31.2 Å². The van der Waals surface area contributed by atoms with E-state index >= 15 is 0 Å². The molecule has 0 radical (unpaired) electrons. The Morgan fingerprint density at radius 3 is 2.30 bits per heavy atom. The monoisotopic (exact) mass is 274 g/mol. The standard InChI is InChI=1S/C16H22N2O2/c17-15(19)10-20-14-7-1-11(2-8-14)9-18-16(12-3-4-12)13-5-6-13/h1-2,7-8,12-13,16,18H,3-6,9-10H2,(H2,17,19). The minimum absolute atomic E-state index is 0.0664. The van der Waals surface area contributed by atoms with Gasteiger partial charge in [-0.3, -0.25) is 4.79 Å². The van der Waals surface area contributed by atoms with E-state index in [1.165, 1.54) is 31.2 Å². The molecular formula is C16H22N2O2. The van der Waals surface area contributed by atoms with E-state index in [1.54, 1.807) is 0 Å². The van der Waals surface area contributed by atoms with Crippen molar-refractivity contribution < 1.29 is 9.53 Å². The van der Waals surface area contributed by atoms with Crippen LogP contribution in [0.25, 0.3) is 0 Å². The lowest BCUT2D eigenvalue weighted by Gasteiger charge is -2.17. The summed E-state index contributed by atoms with van der Waals surface area (Å²) in [6.07, 6.45) is 5.59. The van der Waals surface area contributed by atoms with E-state index in [4.69, 9.17) is 10.5 Å². The number of carbonyl (C=O) groups excluding carboxylic acids is 1. The van der Waals surface area contributed by atoms with E-state index in [0.29, 0.717) is 5.75 Å². The maximum Gasteiger partial charge on any atom is 0.255 e. The quantitative estimate of drug-likeness (QED) is 0.760. The van der Waals surface area contributed by atoms with Gasteiger partial charge in [-0.25, -0.2) is 0 Å². The lowest BCUT2D eigenvalue weighted by Crippen LogP contribution is -2.32.